The molecule has 82 valence electrons. The van der Waals surface area contributed by atoms with Gasteiger partial charge in [-0.2, -0.15) is 0 Å². The third-order valence-electron chi connectivity index (χ3n) is 3.12. The van der Waals surface area contributed by atoms with Gasteiger partial charge in [-0.1, -0.05) is 12.1 Å². The van der Waals surface area contributed by atoms with E-state index in [1.807, 2.05) is 12.1 Å². The fourth-order valence-electron chi connectivity index (χ4n) is 1.67. The Balaban J connectivity index is 1.81. The Morgan fingerprint density at radius 2 is 2.07 bits per heavy atom. The molecule has 2 N–H and O–H groups in total. The highest BCUT2D eigenvalue weighted by molar-refractivity contribution is 7.99. The van der Waals surface area contributed by atoms with Crippen molar-refractivity contribution in [1.82, 2.24) is 0 Å². The highest BCUT2D eigenvalue weighted by Crippen LogP contribution is 2.48. The maximum absolute atomic E-state index is 13.3. The highest BCUT2D eigenvalue weighted by atomic mass is 32.2. The molecule has 1 fully saturated rings. The predicted molar refractivity (Wildman–Crippen MR) is 62.5 cm³/mol. The van der Waals surface area contributed by atoms with Crippen molar-refractivity contribution in [3.63, 3.8) is 0 Å². The van der Waals surface area contributed by atoms with Gasteiger partial charge in [0.05, 0.1) is 0 Å². The van der Waals surface area contributed by atoms with Crippen LogP contribution >= 0.6 is 11.8 Å². The Labute approximate surface area is 94.2 Å². The van der Waals surface area contributed by atoms with Gasteiger partial charge in [0.25, 0.3) is 0 Å². The van der Waals surface area contributed by atoms with Crippen LogP contribution in [0.25, 0.3) is 0 Å². The van der Waals surface area contributed by atoms with E-state index >= 15 is 0 Å². The van der Waals surface area contributed by atoms with E-state index in [9.17, 15) is 4.39 Å². The van der Waals surface area contributed by atoms with Crippen LogP contribution in [0.15, 0.2) is 29.2 Å². The molecular weight excluding hydrogens is 209 g/mol. The van der Waals surface area contributed by atoms with Crippen LogP contribution in [0.4, 0.5) is 4.39 Å². The number of nitrogens with two attached hydrogens (primary N) is 1. The number of hydrogen-bond acceptors (Lipinski definition) is 2. The van der Waals surface area contributed by atoms with Crippen LogP contribution in [0.5, 0.6) is 0 Å². The fraction of sp³-hybridized carbons (Fsp3) is 0.500. The molecule has 0 spiro atoms. The van der Waals surface area contributed by atoms with Gasteiger partial charge in [0, 0.05) is 4.90 Å². The summed E-state index contributed by atoms with van der Waals surface area (Å²) in [6.45, 7) is 0.783. The minimum Gasteiger partial charge on any atom is -0.330 e. The molecule has 0 atom stereocenters. The molecule has 1 aliphatic rings. The van der Waals surface area contributed by atoms with Gasteiger partial charge in [-0.05, 0) is 49.1 Å². The average Bonchev–Trinajstić information content (AvgIpc) is 3.02. The summed E-state index contributed by atoms with van der Waals surface area (Å²) < 4.78 is 13.3. The molecule has 0 aromatic heterocycles. The minimum absolute atomic E-state index is 0.111. The molecule has 1 nitrogen and oxygen atoms in total. The molecule has 1 aromatic rings. The average molecular weight is 225 g/mol. The third-order valence-corrected chi connectivity index (χ3v) is 4.17. The number of benzene rings is 1. The van der Waals surface area contributed by atoms with Gasteiger partial charge < -0.3 is 5.73 Å². The Bertz CT molecular complexity index is 336. The third kappa shape index (κ3) is 2.73. The molecule has 1 aromatic carbocycles. The first kappa shape index (κ1) is 11.0. The van der Waals surface area contributed by atoms with Gasteiger partial charge in [0.15, 0.2) is 0 Å². The van der Waals surface area contributed by atoms with E-state index < -0.39 is 0 Å². The van der Waals surface area contributed by atoms with Crippen LogP contribution < -0.4 is 5.73 Å². The van der Waals surface area contributed by atoms with Crippen molar-refractivity contribution < 1.29 is 4.39 Å². The van der Waals surface area contributed by atoms with Crippen molar-refractivity contribution in [2.75, 3.05) is 12.3 Å². The molecule has 1 aliphatic carbocycles. The Hall–Kier alpha value is -0.540. The zero-order chi connectivity index (χ0) is 10.7. The second-order valence-electron chi connectivity index (χ2n) is 4.23. The number of halogens is 1. The van der Waals surface area contributed by atoms with E-state index in [0.717, 1.165) is 23.6 Å². The molecule has 0 heterocycles. The van der Waals surface area contributed by atoms with Crippen LogP contribution in [0.1, 0.15) is 19.3 Å². The lowest BCUT2D eigenvalue weighted by atomic mass is 10.1. The smallest absolute Gasteiger partial charge is 0.136 e. The molecule has 0 bridgehead atoms. The van der Waals surface area contributed by atoms with Gasteiger partial charge in [0.1, 0.15) is 5.82 Å². The van der Waals surface area contributed by atoms with E-state index in [-0.39, 0.29) is 5.82 Å². The fourth-order valence-corrected chi connectivity index (χ4v) is 2.81. The van der Waals surface area contributed by atoms with Crippen LogP contribution in [0.3, 0.4) is 0 Å². The maximum Gasteiger partial charge on any atom is 0.136 e. The standard InChI is InChI=1S/C12H16FNS/c13-10-3-1-2-4-11(10)15-8-7-12(9-14)5-6-12/h1-4H,5-9,14H2. The van der Waals surface area contributed by atoms with Gasteiger partial charge in [-0.3, -0.25) is 0 Å². The van der Waals surface area contributed by atoms with Gasteiger partial charge >= 0.3 is 0 Å². The van der Waals surface area contributed by atoms with Crippen LogP contribution in [0, 0.1) is 11.2 Å². The van der Waals surface area contributed by atoms with Crippen molar-refractivity contribution in [3.8, 4) is 0 Å². The van der Waals surface area contributed by atoms with Crippen molar-refractivity contribution in [2.24, 2.45) is 11.1 Å². The summed E-state index contributed by atoms with van der Waals surface area (Å²) in [6, 6.07) is 6.95. The van der Waals surface area contributed by atoms with Gasteiger partial charge in [0.2, 0.25) is 0 Å². The normalized spacial score (nSPS) is 17.7. The summed E-state index contributed by atoms with van der Waals surface area (Å²) in [6.07, 6.45) is 3.62. The van der Waals surface area contributed by atoms with E-state index in [0.29, 0.717) is 5.41 Å². The minimum atomic E-state index is -0.111. The van der Waals surface area contributed by atoms with Crippen LogP contribution in [0.2, 0.25) is 0 Å². The number of thioether (sulfide) groups is 1. The lowest BCUT2D eigenvalue weighted by molar-refractivity contribution is 0.509. The molecule has 0 amide bonds. The van der Waals surface area contributed by atoms with Crippen LogP contribution in [-0.4, -0.2) is 12.3 Å². The summed E-state index contributed by atoms with van der Waals surface area (Å²) in [5.41, 5.74) is 6.10. The summed E-state index contributed by atoms with van der Waals surface area (Å²) in [5.74, 6) is 0.859. The molecule has 1 saturated carbocycles. The van der Waals surface area contributed by atoms with Gasteiger partial charge in [-0.25, -0.2) is 4.39 Å². The molecule has 0 radical (unpaired) electrons. The molecule has 15 heavy (non-hydrogen) atoms. The quantitative estimate of drug-likeness (QED) is 0.779. The molecule has 0 saturated heterocycles. The molecule has 0 unspecified atom stereocenters. The molecular formula is C12H16FNS. The lowest BCUT2D eigenvalue weighted by Crippen LogP contribution is -2.15. The zero-order valence-corrected chi connectivity index (χ0v) is 9.52. The van der Waals surface area contributed by atoms with E-state index in [4.69, 9.17) is 5.73 Å². The summed E-state index contributed by atoms with van der Waals surface area (Å²) >= 11 is 1.60. The Morgan fingerprint density at radius 1 is 1.33 bits per heavy atom. The van der Waals surface area contributed by atoms with Crippen molar-refractivity contribution in [1.29, 1.82) is 0 Å². The molecule has 0 aliphatic heterocycles. The lowest BCUT2D eigenvalue weighted by Gasteiger charge is -2.11. The van der Waals surface area contributed by atoms with E-state index in [2.05, 4.69) is 0 Å². The summed E-state index contributed by atoms with van der Waals surface area (Å²) in [7, 11) is 0. The summed E-state index contributed by atoms with van der Waals surface area (Å²) in [4.78, 5) is 0.755. The van der Waals surface area contributed by atoms with E-state index in [1.54, 1.807) is 17.8 Å². The largest absolute Gasteiger partial charge is 0.330 e. The van der Waals surface area contributed by atoms with E-state index in [1.165, 1.54) is 18.9 Å². The first-order valence-electron chi connectivity index (χ1n) is 5.33. The Morgan fingerprint density at radius 3 is 2.67 bits per heavy atom. The second-order valence-corrected chi connectivity index (χ2v) is 5.37. The SMILES string of the molecule is NCC1(CCSc2ccccc2F)CC1. The number of hydrogen-bond donors (Lipinski definition) is 1. The Kier molecular flexibility index (Phi) is 3.32. The predicted octanol–water partition coefficient (Wildman–Crippen LogP) is 3.05. The van der Waals surface area contributed by atoms with Crippen molar-refractivity contribution in [2.45, 2.75) is 24.2 Å². The van der Waals surface area contributed by atoms with Crippen molar-refractivity contribution >= 4 is 11.8 Å². The summed E-state index contributed by atoms with van der Waals surface area (Å²) in [5, 5.41) is 0. The first-order chi connectivity index (χ1) is 7.26. The first-order valence-corrected chi connectivity index (χ1v) is 6.32. The topological polar surface area (TPSA) is 26.0 Å². The zero-order valence-electron chi connectivity index (χ0n) is 8.71. The maximum atomic E-state index is 13.3. The monoisotopic (exact) mass is 225 g/mol. The van der Waals surface area contributed by atoms with Crippen LogP contribution in [-0.2, 0) is 0 Å². The highest BCUT2D eigenvalue weighted by Gasteiger charge is 2.40. The second kappa shape index (κ2) is 4.54. The number of rotatable bonds is 5. The molecule has 2 rings (SSSR count). The van der Waals surface area contributed by atoms with Crippen molar-refractivity contribution in [3.05, 3.63) is 30.1 Å². The molecule has 3 heteroatoms. The van der Waals surface area contributed by atoms with Gasteiger partial charge in [-0.15, -0.1) is 11.8 Å².